The van der Waals surface area contributed by atoms with Gasteiger partial charge in [-0.05, 0) is 65.4 Å². The maximum absolute atomic E-state index is 15.5. The highest BCUT2D eigenvalue weighted by Gasteiger charge is 2.71. The Hall–Kier alpha value is -6.32. The van der Waals surface area contributed by atoms with Gasteiger partial charge in [0.25, 0.3) is 17.5 Å². The van der Waals surface area contributed by atoms with Gasteiger partial charge in [0.05, 0.1) is 44.4 Å². The molecule has 2 saturated heterocycles. The normalized spacial score (nSPS) is 25.2. The molecule has 17 heteroatoms. The van der Waals surface area contributed by atoms with Crippen molar-refractivity contribution in [2.45, 2.75) is 30.4 Å². The number of aromatic nitrogens is 1. The second-order valence-electron chi connectivity index (χ2n) is 14.9. The Balaban J connectivity index is 1.26. The van der Waals surface area contributed by atoms with E-state index < -0.39 is 86.1 Å². The zero-order chi connectivity index (χ0) is 41.7. The Labute approximate surface area is 342 Å². The summed E-state index contributed by atoms with van der Waals surface area (Å²) in [4.78, 5) is 75.1. The summed E-state index contributed by atoms with van der Waals surface area (Å²) in [7, 11) is 0. The molecule has 6 atom stereocenters. The number of carbonyl (C=O) groups is 4. The smallest absolute Gasteiger partial charge is 0.417 e. The number of amides is 4. The Morgan fingerprint density at radius 3 is 2.36 bits per heavy atom. The lowest BCUT2D eigenvalue weighted by atomic mass is 9.48. The number of nitro groups is 1. The number of phenolic OH excluding ortho intramolecular Hbond substituents is 1. The van der Waals surface area contributed by atoms with E-state index in [0.717, 1.165) is 11.0 Å². The molecular weight excluding hydrogens is 814 g/mol. The van der Waals surface area contributed by atoms with Gasteiger partial charge in [0, 0.05) is 34.8 Å². The van der Waals surface area contributed by atoms with Gasteiger partial charge in [0.1, 0.15) is 5.75 Å². The van der Waals surface area contributed by atoms with Crippen molar-refractivity contribution in [3.63, 3.8) is 0 Å². The number of nitro benzene ring substituents is 1. The van der Waals surface area contributed by atoms with E-state index in [0.29, 0.717) is 44.2 Å². The molecule has 3 fully saturated rings. The fourth-order valence-electron chi connectivity index (χ4n) is 9.68. The Morgan fingerprint density at radius 2 is 1.64 bits per heavy atom. The summed E-state index contributed by atoms with van der Waals surface area (Å²) in [6, 6.07) is 22.3. The van der Waals surface area contributed by atoms with Crippen molar-refractivity contribution in [2.24, 2.45) is 23.7 Å². The number of carbonyl (C=O) groups excluding carboxylic acids is 4. The van der Waals surface area contributed by atoms with Crippen molar-refractivity contribution in [3.05, 3.63) is 146 Å². The van der Waals surface area contributed by atoms with Crippen LogP contribution in [0.5, 0.6) is 5.75 Å². The molecule has 4 aromatic carbocycles. The van der Waals surface area contributed by atoms with Gasteiger partial charge in [-0.3, -0.25) is 34.7 Å². The van der Waals surface area contributed by atoms with Crippen LogP contribution in [0.4, 0.5) is 30.4 Å². The molecule has 2 N–H and O–H groups in total. The van der Waals surface area contributed by atoms with E-state index in [1.807, 2.05) is 0 Å². The van der Waals surface area contributed by atoms with Crippen LogP contribution in [0.15, 0.2) is 109 Å². The highest BCUT2D eigenvalue weighted by atomic mass is 35.5. The number of fused-ring (bicyclic) bond motifs is 5. The van der Waals surface area contributed by atoms with Crippen molar-refractivity contribution in [1.82, 2.24) is 9.99 Å². The molecule has 12 nitrogen and oxygen atoms in total. The van der Waals surface area contributed by atoms with E-state index in [-0.39, 0.29) is 35.5 Å². The quantitative estimate of drug-likeness (QED) is 0.0740. The first-order valence-electron chi connectivity index (χ1n) is 18.3. The van der Waals surface area contributed by atoms with E-state index in [1.165, 1.54) is 36.4 Å². The van der Waals surface area contributed by atoms with Crippen LogP contribution in [0, 0.1) is 33.8 Å². The molecule has 0 radical (unpaired) electrons. The number of hydrazine groups is 1. The summed E-state index contributed by atoms with van der Waals surface area (Å²) in [6.45, 7) is 0. The molecule has 6 unspecified atom stereocenters. The number of aromatic hydroxyl groups is 1. The molecule has 0 spiro atoms. The van der Waals surface area contributed by atoms with Crippen LogP contribution in [-0.4, -0.2) is 43.7 Å². The monoisotopic (exact) mass is 841 g/mol. The first-order valence-corrected chi connectivity index (χ1v) is 19.0. The van der Waals surface area contributed by atoms with E-state index in [2.05, 4.69) is 10.4 Å². The molecule has 1 saturated carbocycles. The Morgan fingerprint density at radius 1 is 0.898 bits per heavy atom. The lowest BCUT2D eigenvalue weighted by Crippen LogP contribution is -2.53. The molecule has 2 aliphatic carbocycles. The van der Waals surface area contributed by atoms with E-state index in [1.54, 1.807) is 48.5 Å². The Kier molecular flexibility index (Phi) is 8.83. The summed E-state index contributed by atoms with van der Waals surface area (Å²) >= 11 is 12.6. The average Bonchev–Trinajstić information content (AvgIpc) is 3.59. The van der Waals surface area contributed by atoms with Gasteiger partial charge >= 0.3 is 6.18 Å². The van der Waals surface area contributed by atoms with Gasteiger partial charge in [-0.25, -0.2) is 9.88 Å². The van der Waals surface area contributed by atoms with Crippen LogP contribution in [0.3, 0.4) is 0 Å². The number of pyridine rings is 1. The van der Waals surface area contributed by atoms with Gasteiger partial charge in [0.2, 0.25) is 11.8 Å². The van der Waals surface area contributed by atoms with Crippen LogP contribution in [-0.2, 0) is 30.8 Å². The molecular formula is C42H28Cl2F3N5O7. The molecule has 2 aliphatic heterocycles. The number of hydrogen-bond donors (Lipinski definition) is 2. The number of benzene rings is 4. The number of nitrogens with one attached hydrogen (secondary N) is 1. The van der Waals surface area contributed by atoms with Crippen molar-refractivity contribution in [1.29, 1.82) is 0 Å². The van der Waals surface area contributed by atoms with Gasteiger partial charge in [-0.15, -0.1) is 0 Å². The summed E-state index contributed by atoms with van der Waals surface area (Å²) in [5.74, 6) is -8.97. The zero-order valence-corrected chi connectivity index (χ0v) is 31.7. The molecule has 298 valence electrons. The molecule has 3 heterocycles. The molecule has 5 aromatic rings. The number of halogens is 5. The number of phenols is 1. The average molecular weight is 843 g/mol. The van der Waals surface area contributed by atoms with E-state index >= 15 is 9.59 Å². The van der Waals surface area contributed by atoms with Crippen molar-refractivity contribution >= 4 is 74.8 Å². The third-order valence-corrected chi connectivity index (χ3v) is 12.6. The summed E-state index contributed by atoms with van der Waals surface area (Å²) in [5.41, 5.74) is 0.279. The summed E-state index contributed by atoms with van der Waals surface area (Å²) in [6.07, 6.45) is -2.66. The van der Waals surface area contributed by atoms with E-state index in [9.17, 15) is 38.0 Å². The van der Waals surface area contributed by atoms with Crippen molar-refractivity contribution < 1.29 is 42.4 Å². The third kappa shape index (κ3) is 5.69. The molecule has 59 heavy (non-hydrogen) atoms. The zero-order valence-electron chi connectivity index (χ0n) is 30.2. The molecule has 4 aliphatic rings. The SMILES string of the molecule is O=C1C2CC3C(=CCC4C(=O)N(c5cccc([N+](=O)[O-])c5)C(=O)C43)C(c3c(O)ccc4ccccc34)C2(c2ccc(Cl)cc2)C(=O)N1Nc1ncc(C(F)(F)F)cc1Cl. The van der Waals surface area contributed by atoms with Gasteiger partial charge < -0.3 is 5.11 Å². The second kappa shape index (κ2) is 13.6. The first-order chi connectivity index (χ1) is 28.1. The predicted octanol–water partition coefficient (Wildman–Crippen LogP) is 8.36. The molecule has 0 bridgehead atoms. The number of allylic oxidation sites excluding steroid dienone is 2. The maximum atomic E-state index is 15.5. The lowest BCUT2D eigenvalue weighted by Gasteiger charge is -2.51. The number of hydrogen-bond acceptors (Lipinski definition) is 9. The van der Waals surface area contributed by atoms with Gasteiger partial charge in [-0.2, -0.15) is 18.2 Å². The van der Waals surface area contributed by atoms with Crippen LogP contribution in [0.25, 0.3) is 10.8 Å². The minimum Gasteiger partial charge on any atom is -0.508 e. The summed E-state index contributed by atoms with van der Waals surface area (Å²) in [5, 5.41) is 25.2. The van der Waals surface area contributed by atoms with Crippen LogP contribution >= 0.6 is 23.2 Å². The predicted molar refractivity (Wildman–Crippen MR) is 208 cm³/mol. The highest BCUT2D eigenvalue weighted by molar-refractivity contribution is 6.33. The second-order valence-corrected chi connectivity index (χ2v) is 15.8. The fraction of sp³-hybridized carbons (Fsp3) is 0.214. The van der Waals surface area contributed by atoms with E-state index in [4.69, 9.17) is 23.2 Å². The topological polar surface area (TPSA) is 163 Å². The number of alkyl halides is 3. The molecule has 1 aromatic heterocycles. The van der Waals surface area contributed by atoms with Crippen LogP contribution in [0.2, 0.25) is 10.0 Å². The molecule has 4 amide bonds. The Bertz CT molecular complexity index is 2710. The first kappa shape index (κ1) is 38.2. The fourth-order valence-corrected chi connectivity index (χ4v) is 10.0. The number of nitrogens with zero attached hydrogens (tertiary/aromatic N) is 4. The summed E-state index contributed by atoms with van der Waals surface area (Å²) < 4.78 is 40.7. The van der Waals surface area contributed by atoms with Crippen molar-refractivity contribution in [2.75, 3.05) is 10.3 Å². The highest BCUT2D eigenvalue weighted by Crippen LogP contribution is 2.65. The number of non-ortho nitro benzene ring substituents is 1. The van der Waals surface area contributed by atoms with Crippen LogP contribution < -0.4 is 10.3 Å². The maximum Gasteiger partial charge on any atom is 0.417 e. The minimum absolute atomic E-state index is 0.00290. The minimum atomic E-state index is -4.79. The van der Waals surface area contributed by atoms with Crippen LogP contribution in [0.1, 0.15) is 35.4 Å². The largest absolute Gasteiger partial charge is 0.508 e. The number of imide groups is 2. The molecule has 9 rings (SSSR count). The number of rotatable bonds is 6. The number of anilines is 2. The van der Waals surface area contributed by atoms with Gasteiger partial charge in [0.15, 0.2) is 5.82 Å². The van der Waals surface area contributed by atoms with Gasteiger partial charge in [-0.1, -0.05) is 83.4 Å². The third-order valence-electron chi connectivity index (χ3n) is 12.1. The standard InChI is InChI=1S/C42H28Cl2F3N5O7/c43-23-11-9-21(10-12-23)41-30(38(55)51(40(41)57)49-36-31(44)16-22(19-48-36)42(45,46)47)18-29-27(35(41)34-26-7-2-1-4-20(26)8-15-32(34)53)13-14-28-33(29)39(56)50(37(28)54)24-5-3-6-25(17-24)52(58)59/h1-13,15-17,19,28-30,33,35,53H,14,18H2,(H,48,49). The van der Waals surface area contributed by atoms with Crippen molar-refractivity contribution in [3.8, 4) is 5.75 Å². The lowest BCUT2D eigenvalue weighted by molar-refractivity contribution is -0.384.